The first-order valence-corrected chi connectivity index (χ1v) is 6.35. The van der Waals surface area contributed by atoms with Crippen LogP contribution in [0.1, 0.15) is 19.5 Å². The summed E-state index contributed by atoms with van der Waals surface area (Å²) in [5, 5.41) is 13.9. The van der Waals surface area contributed by atoms with Crippen LogP contribution >= 0.6 is 11.5 Å². The van der Waals surface area contributed by atoms with Crippen LogP contribution in [0.4, 0.5) is 5.00 Å². The predicted octanol–water partition coefficient (Wildman–Crippen LogP) is 0.0920. The molecule has 0 amide bonds. The molecule has 0 spiro atoms. The van der Waals surface area contributed by atoms with Crippen LogP contribution in [0.3, 0.4) is 0 Å². The third kappa shape index (κ3) is 3.12. The van der Waals surface area contributed by atoms with E-state index in [0.717, 1.165) is 12.2 Å². The maximum Gasteiger partial charge on any atom is 0.132 e. The molecule has 1 saturated heterocycles. The number of nitrogen functional groups attached to an aromatic ring is 1. The first kappa shape index (κ1) is 12.7. The van der Waals surface area contributed by atoms with Crippen molar-refractivity contribution in [3.63, 3.8) is 0 Å². The largest absolute Gasteiger partial charge is 0.394 e. The summed E-state index contributed by atoms with van der Waals surface area (Å²) >= 11 is 1.21. The quantitative estimate of drug-likeness (QED) is 0.799. The highest BCUT2D eigenvalue weighted by atomic mass is 32.1. The van der Waals surface area contributed by atoms with Gasteiger partial charge in [-0.25, -0.2) is 0 Å². The summed E-state index contributed by atoms with van der Waals surface area (Å²) in [5.74, 6) is 0. The lowest BCUT2D eigenvalue weighted by Gasteiger charge is -2.42. The number of rotatable bonds is 3. The van der Waals surface area contributed by atoms with Gasteiger partial charge in [0.15, 0.2) is 0 Å². The monoisotopic (exact) mass is 258 g/mol. The maximum absolute atomic E-state index is 9.22. The third-order valence-electron chi connectivity index (χ3n) is 2.71. The van der Waals surface area contributed by atoms with E-state index in [1.165, 1.54) is 11.5 Å². The van der Waals surface area contributed by atoms with E-state index in [2.05, 4.69) is 14.5 Å². The first-order chi connectivity index (χ1) is 8.00. The number of anilines is 1. The first-order valence-electron chi connectivity index (χ1n) is 5.58. The van der Waals surface area contributed by atoms with Gasteiger partial charge in [-0.1, -0.05) is 4.49 Å². The van der Waals surface area contributed by atoms with Gasteiger partial charge in [-0.3, -0.25) is 4.90 Å². The van der Waals surface area contributed by atoms with Crippen molar-refractivity contribution in [1.82, 2.24) is 14.5 Å². The fourth-order valence-corrected chi connectivity index (χ4v) is 2.61. The highest BCUT2D eigenvalue weighted by molar-refractivity contribution is 7.09. The van der Waals surface area contributed by atoms with Gasteiger partial charge < -0.3 is 15.6 Å². The molecule has 2 rings (SSSR count). The van der Waals surface area contributed by atoms with Gasteiger partial charge in [-0.15, -0.1) is 5.10 Å². The molecule has 1 aliphatic rings. The molecule has 0 aromatic carbocycles. The molecule has 0 bridgehead atoms. The second-order valence-electron chi connectivity index (χ2n) is 4.94. The molecule has 1 fully saturated rings. The zero-order valence-corrected chi connectivity index (χ0v) is 10.9. The Morgan fingerprint density at radius 1 is 1.65 bits per heavy atom. The van der Waals surface area contributed by atoms with Gasteiger partial charge in [0.2, 0.25) is 0 Å². The second kappa shape index (κ2) is 4.85. The second-order valence-corrected chi connectivity index (χ2v) is 5.72. The van der Waals surface area contributed by atoms with Crippen LogP contribution in [0, 0.1) is 0 Å². The molecule has 96 valence electrons. The van der Waals surface area contributed by atoms with Crippen LogP contribution in [-0.2, 0) is 11.3 Å². The minimum atomic E-state index is -0.260. The number of aliphatic hydroxyl groups is 1. The molecule has 0 radical (unpaired) electrons. The van der Waals surface area contributed by atoms with Crippen LogP contribution in [0.15, 0.2) is 0 Å². The van der Waals surface area contributed by atoms with E-state index in [9.17, 15) is 5.11 Å². The fourth-order valence-electron chi connectivity index (χ4n) is 2.17. The van der Waals surface area contributed by atoms with Gasteiger partial charge in [-0.05, 0) is 13.8 Å². The topological polar surface area (TPSA) is 84.5 Å². The fraction of sp³-hybridized carbons (Fsp3) is 0.800. The molecule has 2 heterocycles. The molecule has 3 N–H and O–H groups in total. The third-order valence-corrected chi connectivity index (χ3v) is 3.31. The average molecular weight is 258 g/mol. The van der Waals surface area contributed by atoms with Crippen molar-refractivity contribution in [2.24, 2.45) is 0 Å². The molecule has 17 heavy (non-hydrogen) atoms. The summed E-state index contributed by atoms with van der Waals surface area (Å²) in [6.07, 6.45) is -0.147. The Kier molecular flexibility index (Phi) is 3.62. The van der Waals surface area contributed by atoms with E-state index in [1.807, 2.05) is 13.8 Å². The van der Waals surface area contributed by atoms with Crippen molar-refractivity contribution in [2.75, 3.05) is 25.4 Å². The number of morpholine rings is 1. The summed E-state index contributed by atoms with van der Waals surface area (Å²) < 4.78 is 9.57. The summed E-state index contributed by atoms with van der Waals surface area (Å²) in [5.41, 5.74) is 6.33. The van der Waals surface area contributed by atoms with Crippen molar-refractivity contribution in [3.8, 4) is 0 Å². The van der Waals surface area contributed by atoms with Crippen LogP contribution in [0.25, 0.3) is 0 Å². The van der Waals surface area contributed by atoms with Crippen LogP contribution in [0.2, 0.25) is 0 Å². The van der Waals surface area contributed by atoms with E-state index in [0.29, 0.717) is 18.1 Å². The van der Waals surface area contributed by atoms with E-state index in [1.54, 1.807) is 0 Å². The number of aliphatic hydroxyl groups excluding tert-OH is 1. The lowest BCUT2D eigenvalue weighted by molar-refractivity contribution is -0.150. The smallest absolute Gasteiger partial charge is 0.132 e. The minimum Gasteiger partial charge on any atom is -0.394 e. The van der Waals surface area contributed by atoms with Gasteiger partial charge in [0.05, 0.1) is 18.3 Å². The standard InChI is InChI=1S/C10H18N4O2S/c1-10(2)6-14(3-7(5-15)16-10)4-8-9(11)17-13-12-8/h7,15H,3-6,11H2,1-2H3. The minimum absolute atomic E-state index is 0.0325. The summed E-state index contributed by atoms with van der Waals surface area (Å²) in [7, 11) is 0. The zero-order chi connectivity index (χ0) is 12.5. The molecule has 1 atom stereocenters. The summed E-state index contributed by atoms with van der Waals surface area (Å²) in [6.45, 7) is 6.21. The number of hydrogen-bond acceptors (Lipinski definition) is 7. The number of nitrogens with two attached hydrogens (primary N) is 1. The summed E-state index contributed by atoms with van der Waals surface area (Å²) in [6, 6.07) is 0. The molecule has 1 aromatic rings. The van der Waals surface area contributed by atoms with Gasteiger partial charge in [0.25, 0.3) is 0 Å². The molecular weight excluding hydrogens is 240 g/mol. The Hall–Kier alpha value is -0.760. The van der Waals surface area contributed by atoms with Crippen LogP contribution < -0.4 is 5.73 Å². The Balaban J connectivity index is 2.03. The molecule has 7 heteroatoms. The zero-order valence-electron chi connectivity index (χ0n) is 10.1. The van der Waals surface area contributed by atoms with E-state index in [4.69, 9.17) is 10.5 Å². The number of ether oxygens (including phenoxy) is 1. The molecule has 1 aromatic heterocycles. The van der Waals surface area contributed by atoms with Crippen LogP contribution in [-0.4, -0.2) is 51.0 Å². The van der Waals surface area contributed by atoms with Crippen LogP contribution in [0.5, 0.6) is 0 Å². The Bertz CT molecular complexity index is 382. The lowest BCUT2D eigenvalue weighted by Crippen LogP contribution is -2.53. The Morgan fingerprint density at radius 2 is 2.41 bits per heavy atom. The molecule has 6 nitrogen and oxygen atoms in total. The van der Waals surface area contributed by atoms with Crippen molar-refractivity contribution in [1.29, 1.82) is 0 Å². The van der Waals surface area contributed by atoms with Crippen molar-refractivity contribution in [3.05, 3.63) is 5.69 Å². The molecule has 0 aliphatic carbocycles. The average Bonchev–Trinajstić information content (AvgIpc) is 2.62. The van der Waals surface area contributed by atoms with Crippen molar-refractivity contribution >= 4 is 16.5 Å². The van der Waals surface area contributed by atoms with E-state index >= 15 is 0 Å². The maximum atomic E-state index is 9.22. The molecule has 1 unspecified atom stereocenters. The summed E-state index contributed by atoms with van der Waals surface area (Å²) in [4.78, 5) is 2.19. The lowest BCUT2D eigenvalue weighted by atomic mass is 10.1. The van der Waals surface area contributed by atoms with E-state index < -0.39 is 0 Å². The van der Waals surface area contributed by atoms with Crippen molar-refractivity contribution < 1.29 is 9.84 Å². The van der Waals surface area contributed by atoms with Gasteiger partial charge >= 0.3 is 0 Å². The van der Waals surface area contributed by atoms with Crippen molar-refractivity contribution in [2.45, 2.75) is 32.1 Å². The number of hydrogen-bond donors (Lipinski definition) is 2. The Labute approximate surface area is 105 Å². The Morgan fingerprint density at radius 3 is 3.00 bits per heavy atom. The van der Waals surface area contributed by atoms with E-state index in [-0.39, 0.29) is 18.3 Å². The molecule has 0 saturated carbocycles. The number of aromatic nitrogens is 2. The molecule has 1 aliphatic heterocycles. The normalized spacial score (nSPS) is 25.0. The molecular formula is C10H18N4O2S. The highest BCUT2D eigenvalue weighted by Gasteiger charge is 2.33. The number of nitrogens with zero attached hydrogens (tertiary/aromatic N) is 3. The predicted molar refractivity (Wildman–Crippen MR) is 65.6 cm³/mol. The van der Waals surface area contributed by atoms with Gasteiger partial charge in [-0.2, -0.15) is 0 Å². The SMILES string of the molecule is CC1(C)CN(Cc2nnsc2N)CC(CO)O1. The highest BCUT2D eigenvalue weighted by Crippen LogP contribution is 2.23. The van der Waals surface area contributed by atoms with Gasteiger partial charge in [0, 0.05) is 31.2 Å². The van der Waals surface area contributed by atoms with Gasteiger partial charge in [0.1, 0.15) is 10.7 Å².